The van der Waals surface area contributed by atoms with Crippen LogP contribution in [0.4, 0.5) is 4.39 Å². The number of benzene rings is 1. The maximum atomic E-state index is 13.2. The number of rotatable bonds is 3. The van der Waals surface area contributed by atoms with Crippen LogP contribution in [0.15, 0.2) is 24.3 Å². The van der Waals surface area contributed by atoms with Crippen molar-refractivity contribution in [3.05, 3.63) is 35.6 Å². The lowest BCUT2D eigenvalue weighted by molar-refractivity contribution is -0.145. The van der Waals surface area contributed by atoms with Gasteiger partial charge >= 0.3 is 5.97 Å². The van der Waals surface area contributed by atoms with Gasteiger partial charge in [0.2, 0.25) is 0 Å². The summed E-state index contributed by atoms with van der Waals surface area (Å²) < 4.78 is 17.9. The highest BCUT2D eigenvalue weighted by Crippen LogP contribution is 2.28. The Morgan fingerprint density at radius 2 is 2.33 bits per heavy atom. The van der Waals surface area contributed by atoms with Gasteiger partial charge in [-0.1, -0.05) is 12.1 Å². The molecule has 1 aromatic rings. The Morgan fingerprint density at radius 3 is 3.00 bits per heavy atom. The van der Waals surface area contributed by atoms with Gasteiger partial charge in [0.05, 0.1) is 7.11 Å². The molecule has 98 valence electrons. The van der Waals surface area contributed by atoms with E-state index < -0.39 is 0 Å². The first-order chi connectivity index (χ1) is 8.61. The smallest absolute Gasteiger partial charge is 0.322 e. The van der Waals surface area contributed by atoms with E-state index >= 15 is 0 Å². The molecule has 1 aliphatic heterocycles. The molecule has 0 N–H and O–H groups in total. The van der Waals surface area contributed by atoms with Crippen LogP contribution in [-0.4, -0.2) is 37.1 Å². The van der Waals surface area contributed by atoms with Crippen molar-refractivity contribution >= 4 is 5.97 Å². The minimum atomic E-state index is -0.228. The monoisotopic (exact) mass is 251 g/mol. The highest BCUT2D eigenvalue weighted by molar-refractivity contribution is 5.75. The zero-order valence-corrected chi connectivity index (χ0v) is 10.7. The number of likely N-dealkylation sites (tertiary alicyclic amines) is 1. The summed E-state index contributed by atoms with van der Waals surface area (Å²) in [4.78, 5) is 13.6. The zero-order chi connectivity index (χ0) is 13.1. The molecule has 0 aliphatic carbocycles. The number of carbonyl (C=O) groups excluding carboxylic acids is 1. The van der Waals surface area contributed by atoms with Crippen molar-refractivity contribution in [2.75, 3.05) is 20.2 Å². The molecule has 1 heterocycles. The number of methoxy groups -OCH3 is 1. The predicted molar refractivity (Wildman–Crippen MR) is 66.8 cm³/mol. The van der Waals surface area contributed by atoms with Crippen LogP contribution < -0.4 is 0 Å². The van der Waals surface area contributed by atoms with Crippen LogP contribution in [0.2, 0.25) is 0 Å². The molecule has 0 spiro atoms. The lowest BCUT2D eigenvalue weighted by Crippen LogP contribution is -2.37. The van der Waals surface area contributed by atoms with Crippen LogP contribution in [-0.2, 0) is 9.53 Å². The van der Waals surface area contributed by atoms with Crippen LogP contribution in [0, 0.1) is 5.82 Å². The van der Waals surface area contributed by atoms with Gasteiger partial charge < -0.3 is 4.74 Å². The van der Waals surface area contributed by atoms with Gasteiger partial charge in [0, 0.05) is 6.54 Å². The first-order valence-electron chi connectivity index (χ1n) is 6.19. The Kier molecular flexibility index (Phi) is 3.97. The fraction of sp³-hybridized carbons (Fsp3) is 0.500. The second kappa shape index (κ2) is 5.48. The van der Waals surface area contributed by atoms with E-state index in [9.17, 15) is 9.18 Å². The third kappa shape index (κ3) is 2.70. The molecular weight excluding hydrogens is 233 g/mol. The molecule has 3 nitrogen and oxygen atoms in total. The Hall–Kier alpha value is -1.42. The van der Waals surface area contributed by atoms with Crippen LogP contribution in [0.25, 0.3) is 0 Å². The van der Waals surface area contributed by atoms with Crippen molar-refractivity contribution in [3.63, 3.8) is 0 Å². The van der Waals surface area contributed by atoms with Gasteiger partial charge in [-0.15, -0.1) is 0 Å². The molecule has 2 atom stereocenters. The van der Waals surface area contributed by atoms with Gasteiger partial charge in [-0.2, -0.15) is 0 Å². The van der Waals surface area contributed by atoms with Crippen molar-refractivity contribution in [2.24, 2.45) is 0 Å². The molecule has 0 bridgehead atoms. The van der Waals surface area contributed by atoms with E-state index in [-0.39, 0.29) is 17.8 Å². The second-order valence-corrected chi connectivity index (χ2v) is 4.73. The zero-order valence-electron chi connectivity index (χ0n) is 10.7. The van der Waals surface area contributed by atoms with E-state index in [0.29, 0.717) is 5.92 Å². The minimum absolute atomic E-state index is 0.202. The maximum absolute atomic E-state index is 13.2. The molecule has 0 amide bonds. The molecule has 0 radical (unpaired) electrons. The molecule has 0 saturated carbocycles. The molecule has 2 rings (SSSR count). The van der Waals surface area contributed by atoms with Gasteiger partial charge in [-0.25, -0.2) is 4.39 Å². The summed E-state index contributed by atoms with van der Waals surface area (Å²) >= 11 is 0. The molecule has 1 aromatic carbocycles. The number of esters is 1. The lowest BCUT2D eigenvalue weighted by atomic mass is 9.98. The highest BCUT2D eigenvalue weighted by Gasteiger charge is 2.30. The minimum Gasteiger partial charge on any atom is -0.468 e. The van der Waals surface area contributed by atoms with Gasteiger partial charge in [0.25, 0.3) is 0 Å². The summed E-state index contributed by atoms with van der Waals surface area (Å²) in [5.41, 5.74) is 1.01. The fourth-order valence-electron chi connectivity index (χ4n) is 2.49. The number of hydrogen-bond donors (Lipinski definition) is 0. The molecule has 1 saturated heterocycles. The van der Waals surface area contributed by atoms with E-state index in [0.717, 1.165) is 25.1 Å². The Morgan fingerprint density at radius 1 is 1.56 bits per heavy atom. The molecule has 4 heteroatoms. The molecule has 0 aromatic heterocycles. The summed E-state index contributed by atoms with van der Waals surface area (Å²) in [7, 11) is 1.40. The largest absolute Gasteiger partial charge is 0.468 e. The van der Waals surface area contributed by atoms with Crippen LogP contribution in [0.3, 0.4) is 0 Å². The van der Waals surface area contributed by atoms with Crippen molar-refractivity contribution in [1.29, 1.82) is 0 Å². The summed E-state index contributed by atoms with van der Waals surface area (Å²) in [6.07, 6.45) is 0.949. The van der Waals surface area contributed by atoms with Crippen LogP contribution in [0.1, 0.15) is 24.8 Å². The predicted octanol–water partition coefficient (Wildman–Crippen LogP) is 2.18. The van der Waals surface area contributed by atoms with Gasteiger partial charge in [-0.3, -0.25) is 9.69 Å². The Balaban J connectivity index is 2.02. The summed E-state index contributed by atoms with van der Waals surface area (Å²) in [6.45, 7) is 3.47. The van der Waals surface area contributed by atoms with Gasteiger partial charge in [0.15, 0.2) is 0 Å². The van der Waals surface area contributed by atoms with Crippen molar-refractivity contribution in [2.45, 2.75) is 25.3 Å². The third-order valence-corrected chi connectivity index (χ3v) is 3.63. The normalized spacial score (nSPS) is 21.8. The summed E-state index contributed by atoms with van der Waals surface area (Å²) in [5.74, 6) is -0.116. The van der Waals surface area contributed by atoms with E-state index in [2.05, 4.69) is 4.90 Å². The standard InChI is InChI=1S/C14H18FNO2/c1-10(14(17)18-2)16-7-6-12(9-16)11-4-3-5-13(15)8-11/h3-5,8,10,12H,6-7,9H2,1-2H3/t10-,12-/m0/s1. The fourth-order valence-corrected chi connectivity index (χ4v) is 2.49. The van der Waals surface area contributed by atoms with Crippen LogP contribution in [0.5, 0.6) is 0 Å². The molecule has 1 aliphatic rings. The molecule has 0 unspecified atom stereocenters. The van der Waals surface area contributed by atoms with Gasteiger partial charge in [0.1, 0.15) is 11.9 Å². The molecule has 1 fully saturated rings. The van der Waals surface area contributed by atoms with E-state index in [1.165, 1.54) is 13.2 Å². The summed E-state index contributed by atoms with van der Waals surface area (Å²) in [5, 5.41) is 0. The van der Waals surface area contributed by atoms with Crippen molar-refractivity contribution in [1.82, 2.24) is 4.90 Å². The van der Waals surface area contributed by atoms with Crippen molar-refractivity contribution in [3.8, 4) is 0 Å². The number of halogens is 1. The quantitative estimate of drug-likeness (QED) is 0.771. The molecule has 18 heavy (non-hydrogen) atoms. The maximum Gasteiger partial charge on any atom is 0.322 e. The molecular formula is C14H18FNO2. The number of hydrogen-bond acceptors (Lipinski definition) is 3. The first-order valence-corrected chi connectivity index (χ1v) is 6.19. The number of nitrogens with zero attached hydrogens (tertiary/aromatic N) is 1. The highest BCUT2D eigenvalue weighted by atomic mass is 19.1. The third-order valence-electron chi connectivity index (χ3n) is 3.63. The number of ether oxygens (including phenoxy) is 1. The second-order valence-electron chi connectivity index (χ2n) is 4.73. The SMILES string of the molecule is COC(=O)[C@H](C)N1CC[C@H](c2cccc(F)c2)C1. The lowest BCUT2D eigenvalue weighted by Gasteiger charge is -2.21. The average molecular weight is 251 g/mol. The van der Waals surface area contributed by atoms with Crippen LogP contribution >= 0.6 is 0 Å². The van der Waals surface area contributed by atoms with E-state index in [1.54, 1.807) is 12.1 Å². The Bertz CT molecular complexity index is 436. The van der Waals surface area contributed by atoms with Crippen molar-refractivity contribution < 1.29 is 13.9 Å². The average Bonchev–Trinajstić information content (AvgIpc) is 2.86. The van der Waals surface area contributed by atoms with E-state index in [4.69, 9.17) is 4.74 Å². The summed E-state index contributed by atoms with van der Waals surface area (Å²) in [6, 6.07) is 6.48. The topological polar surface area (TPSA) is 29.5 Å². The van der Waals surface area contributed by atoms with E-state index in [1.807, 2.05) is 13.0 Å². The Labute approximate surface area is 107 Å². The van der Waals surface area contributed by atoms with Gasteiger partial charge in [-0.05, 0) is 43.5 Å². The number of carbonyl (C=O) groups is 1. The first kappa shape index (κ1) is 13.0.